The van der Waals surface area contributed by atoms with E-state index in [0.717, 1.165) is 6.20 Å². The molecule has 5 heteroatoms. The lowest BCUT2D eigenvalue weighted by molar-refractivity contribution is -0.444. The highest BCUT2D eigenvalue weighted by Crippen LogP contribution is 1.94. The fraction of sp³-hybridized carbons (Fsp3) is 0.500. The molecular weight excluding hydrogens is 122 g/mol. The molecule has 0 radical (unpaired) electrons. The molecule has 0 atom stereocenters. The maximum absolute atomic E-state index is 9.99. The summed E-state index contributed by atoms with van der Waals surface area (Å²) in [6.45, 7) is 0. The molecule has 5 nitrogen and oxygen atoms in total. The monoisotopic (exact) mass is 131 g/mol. The molecule has 0 fully saturated rings. The van der Waals surface area contributed by atoms with Gasteiger partial charge in [0, 0.05) is 0 Å². The summed E-state index contributed by atoms with van der Waals surface area (Å²) in [4.78, 5) is 10.8. The normalized spacial score (nSPS) is 11.1. The Morgan fingerprint density at radius 3 is 2.22 bits per heavy atom. The maximum atomic E-state index is 9.99. The van der Waals surface area contributed by atoms with E-state index in [1.54, 1.807) is 14.1 Å². The van der Waals surface area contributed by atoms with Gasteiger partial charge in [0.25, 0.3) is 0 Å². The topological polar surface area (TPSA) is 72.4 Å². The molecule has 9 heavy (non-hydrogen) atoms. The molecule has 0 spiro atoms. The Bertz CT molecular complexity index is 141. The Balaban J connectivity index is 4.19. The molecule has 0 saturated carbocycles. The van der Waals surface area contributed by atoms with Crippen LogP contribution < -0.4 is 5.73 Å². The summed E-state index contributed by atoms with van der Waals surface area (Å²) in [7, 11) is 3.11. The van der Waals surface area contributed by atoms with Crippen LogP contribution >= 0.6 is 0 Å². The number of hydrogen-bond donors (Lipinski definition) is 1. The minimum absolute atomic E-state index is 0.102. The van der Waals surface area contributed by atoms with Crippen molar-refractivity contribution in [2.75, 3.05) is 14.1 Å². The molecule has 0 amide bonds. The van der Waals surface area contributed by atoms with E-state index in [2.05, 4.69) is 0 Å². The highest BCUT2D eigenvalue weighted by atomic mass is 16.6. The van der Waals surface area contributed by atoms with E-state index in [-0.39, 0.29) is 5.82 Å². The second kappa shape index (κ2) is 2.91. The zero-order chi connectivity index (χ0) is 7.44. The number of nitrogens with two attached hydrogens (primary N) is 1. The smallest absolute Gasteiger partial charge is 0.333 e. The number of nitro groups is 1. The van der Waals surface area contributed by atoms with Crippen molar-refractivity contribution in [3.63, 3.8) is 0 Å². The minimum Gasteiger partial charge on any atom is -0.398 e. The van der Waals surface area contributed by atoms with Gasteiger partial charge in [-0.05, 0) is 4.92 Å². The molecule has 0 aromatic heterocycles. The first-order chi connectivity index (χ1) is 4.09. The van der Waals surface area contributed by atoms with Crippen LogP contribution in [0.5, 0.6) is 0 Å². The van der Waals surface area contributed by atoms with Crippen LogP contribution in [-0.4, -0.2) is 23.9 Å². The van der Waals surface area contributed by atoms with Gasteiger partial charge in [0.1, 0.15) is 0 Å². The summed E-state index contributed by atoms with van der Waals surface area (Å²) in [5, 5.41) is 9.99. The third-order valence-electron chi connectivity index (χ3n) is 0.794. The van der Waals surface area contributed by atoms with Crippen LogP contribution in [0.25, 0.3) is 0 Å². The molecule has 0 unspecified atom stereocenters. The second-order valence-electron chi connectivity index (χ2n) is 1.68. The molecule has 0 bridgehead atoms. The highest BCUT2D eigenvalue weighted by Gasteiger charge is 2.08. The second-order valence-corrected chi connectivity index (χ2v) is 1.68. The molecule has 2 N–H and O–H groups in total. The Morgan fingerprint density at radius 1 is 1.78 bits per heavy atom. The zero-order valence-electron chi connectivity index (χ0n) is 5.37. The Kier molecular flexibility index (Phi) is 2.50. The van der Waals surface area contributed by atoms with Gasteiger partial charge in [0.2, 0.25) is 0 Å². The van der Waals surface area contributed by atoms with Crippen LogP contribution in [0.1, 0.15) is 0 Å². The van der Waals surface area contributed by atoms with Crippen molar-refractivity contribution in [1.82, 2.24) is 4.90 Å². The Hall–Kier alpha value is -1.26. The molecule has 0 aliphatic rings. The van der Waals surface area contributed by atoms with Gasteiger partial charge in [0.15, 0.2) is 0 Å². The van der Waals surface area contributed by atoms with Crippen LogP contribution in [0.2, 0.25) is 0 Å². The quantitative estimate of drug-likeness (QED) is 0.408. The Labute approximate surface area is 52.9 Å². The van der Waals surface area contributed by atoms with Crippen molar-refractivity contribution < 1.29 is 4.92 Å². The van der Waals surface area contributed by atoms with Crippen molar-refractivity contribution in [1.29, 1.82) is 0 Å². The highest BCUT2D eigenvalue weighted by molar-refractivity contribution is 4.83. The summed E-state index contributed by atoms with van der Waals surface area (Å²) in [5.41, 5.74) is 4.93. The molecular formula is C4H9N3O2. The van der Waals surface area contributed by atoms with Gasteiger partial charge in [-0.25, -0.2) is 0 Å². The van der Waals surface area contributed by atoms with Gasteiger partial charge in [0.05, 0.1) is 20.3 Å². The average molecular weight is 131 g/mol. The summed E-state index contributed by atoms with van der Waals surface area (Å²) >= 11 is 0. The summed E-state index contributed by atoms with van der Waals surface area (Å²) in [6.07, 6.45) is 0.958. The molecule has 0 saturated heterocycles. The van der Waals surface area contributed by atoms with Crippen LogP contribution in [0.15, 0.2) is 12.0 Å². The van der Waals surface area contributed by atoms with Crippen molar-refractivity contribution in [2.45, 2.75) is 0 Å². The molecule has 0 aromatic carbocycles. The SMILES string of the molecule is CN(C)C(=CN)[N+](=O)[O-]. The standard InChI is InChI=1S/C4H9N3O2/c1-6(2)4(3-5)7(8)9/h3H,5H2,1-2H3. The van der Waals surface area contributed by atoms with Crippen molar-refractivity contribution in [2.24, 2.45) is 5.73 Å². The molecule has 0 aromatic rings. The Morgan fingerprint density at radius 2 is 2.22 bits per heavy atom. The van der Waals surface area contributed by atoms with Gasteiger partial charge in [-0.15, -0.1) is 0 Å². The fourth-order valence-corrected chi connectivity index (χ4v) is 0.373. The first kappa shape index (κ1) is 7.74. The van der Waals surface area contributed by atoms with E-state index in [1.807, 2.05) is 0 Å². The van der Waals surface area contributed by atoms with E-state index in [4.69, 9.17) is 5.73 Å². The lowest BCUT2D eigenvalue weighted by Gasteiger charge is -2.05. The minimum atomic E-state index is -0.542. The van der Waals surface area contributed by atoms with Crippen molar-refractivity contribution in [3.8, 4) is 0 Å². The third kappa shape index (κ3) is 1.98. The predicted molar refractivity (Wildman–Crippen MR) is 33.0 cm³/mol. The van der Waals surface area contributed by atoms with Crippen LogP contribution in [0.3, 0.4) is 0 Å². The van der Waals surface area contributed by atoms with E-state index in [0.29, 0.717) is 0 Å². The van der Waals surface area contributed by atoms with Crippen LogP contribution in [0.4, 0.5) is 0 Å². The largest absolute Gasteiger partial charge is 0.398 e. The van der Waals surface area contributed by atoms with E-state index >= 15 is 0 Å². The first-order valence-corrected chi connectivity index (χ1v) is 2.33. The van der Waals surface area contributed by atoms with E-state index in [9.17, 15) is 10.1 Å². The van der Waals surface area contributed by atoms with Crippen LogP contribution in [0, 0.1) is 10.1 Å². The number of hydrogen-bond acceptors (Lipinski definition) is 4. The molecule has 0 aliphatic carbocycles. The zero-order valence-corrected chi connectivity index (χ0v) is 5.37. The predicted octanol–water partition coefficient (Wildman–Crippen LogP) is -0.418. The molecule has 0 aliphatic heterocycles. The van der Waals surface area contributed by atoms with Crippen molar-refractivity contribution in [3.05, 3.63) is 22.1 Å². The van der Waals surface area contributed by atoms with Gasteiger partial charge >= 0.3 is 5.82 Å². The van der Waals surface area contributed by atoms with E-state index in [1.165, 1.54) is 4.90 Å². The number of rotatable bonds is 2. The van der Waals surface area contributed by atoms with Gasteiger partial charge in [-0.3, -0.25) is 4.90 Å². The molecule has 0 rings (SSSR count). The summed E-state index contributed by atoms with van der Waals surface area (Å²) < 4.78 is 0. The summed E-state index contributed by atoms with van der Waals surface area (Å²) in [6, 6.07) is 0. The third-order valence-corrected chi connectivity index (χ3v) is 0.794. The maximum Gasteiger partial charge on any atom is 0.333 e. The van der Waals surface area contributed by atoms with E-state index < -0.39 is 4.92 Å². The average Bonchev–Trinajstić information content (AvgIpc) is 1.64. The van der Waals surface area contributed by atoms with Gasteiger partial charge < -0.3 is 15.8 Å². The molecule has 52 valence electrons. The van der Waals surface area contributed by atoms with Gasteiger partial charge in [-0.1, -0.05) is 0 Å². The number of nitrogens with zero attached hydrogens (tertiary/aromatic N) is 2. The van der Waals surface area contributed by atoms with Crippen molar-refractivity contribution >= 4 is 0 Å². The lowest BCUT2D eigenvalue weighted by atomic mass is 10.7. The van der Waals surface area contributed by atoms with Crippen LogP contribution in [-0.2, 0) is 0 Å². The first-order valence-electron chi connectivity index (χ1n) is 2.33. The molecule has 0 heterocycles. The summed E-state index contributed by atoms with van der Waals surface area (Å²) in [5.74, 6) is -0.102. The van der Waals surface area contributed by atoms with Gasteiger partial charge in [-0.2, -0.15) is 0 Å². The fourth-order valence-electron chi connectivity index (χ4n) is 0.373. The lowest BCUT2D eigenvalue weighted by Crippen LogP contribution is -2.19.